The maximum Gasteiger partial charge on any atom is 0.292 e. The Hall–Kier alpha value is -1.62. The molecule has 0 spiro atoms. The first kappa shape index (κ1) is 10.9. The molecular formula is C11H15N3O2. The van der Waals surface area contributed by atoms with Gasteiger partial charge >= 0.3 is 0 Å². The molecule has 0 radical (unpaired) electrons. The zero-order valence-corrected chi connectivity index (χ0v) is 9.22. The molecule has 1 aromatic carbocycles. The van der Waals surface area contributed by atoms with Crippen molar-refractivity contribution in [1.29, 1.82) is 0 Å². The van der Waals surface area contributed by atoms with Gasteiger partial charge in [0, 0.05) is 31.7 Å². The lowest BCUT2D eigenvalue weighted by molar-refractivity contribution is -0.384. The Morgan fingerprint density at radius 2 is 2.25 bits per heavy atom. The Morgan fingerprint density at radius 1 is 1.50 bits per heavy atom. The standard InChI is InChI=1S/C11H15N3O2/c1-9-8-12-6-7-13(9)10-4-2-3-5-11(10)14(15)16/h2-5,9,12H,6-8H2,1H3/t9-/m0/s1. The third-order valence-electron chi connectivity index (χ3n) is 2.89. The number of nitrogens with one attached hydrogen (secondary N) is 1. The largest absolute Gasteiger partial charge is 0.361 e. The van der Waals surface area contributed by atoms with Gasteiger partial charge in [-0.15, -0.1) is 0 Å². The highest BCUT2D eigenvalue weighted by Gasteiger charge is 2.24. The summed E-state index contributed by atoms with van der Waals surface area (Å²) in [5.41, 5.74) is 0.915. The highest BCUT2D eigenvalue weighted by atomic mass is 16.6. The van der Waals surface area contributed by atoms with Gasteiger partial charge in [0.1, 0.15) is 5.69 Å². The topological polar surface area (TPSA) is 58.4 Å². The first-order chi connectivity index (χ1) is 7.70. The van der Waals surface area contributed by atoms with E-state index in [1.165, 1.54) is 0 Å². The number of anilines is 1. The van der Waals surface area contributed by atoms with E-state index in [1.807, 2.05) is 12.1 Å². The molecule has 5 nitrogen and oxygen atoms in total. The summed E-state index contributed by atoms with van der Waals surface area (Å²) in [5, 5.41) is 14.2. The van der Waals surface area contributed by atoms with Gasteiger partial charge in [-0.2, -0.15) is 0 Å². The third kappa shape index (κ3) is 1.99. The van der Waals surface area contributed by atoms with Crippen LogP contribution in [0.25, 0.3) is 0 Å². The van der Waals surface area contributed by atoms with Crippen LogP contribution in [0, 0.1) is 10.1 Å². The lowest BCUT2D eigenvalue weighted by atomic mass is 10.1. The summed E-state index contributed by atoms with van der Waals surface area (Å²) in [6.45, 7) is 4.62. The van der Waals surface area contributed by atoms with Gasteiger partial charge in [-0.05, 0) is 13.0 Å². The zero-order valence-electron chi connectivity index (χ0n) is 9.22. The van der Waals surface area contributed by atoms with Gasteiger partial charge in [-0.1, -0.05) is 12.1 Å². The fourth-order valence-electron chi connectivity index (χ4n) is 2.06. The first-order valence-electron chi connectivity index (χ1n) is 5.41. The van der Waals surface area contributed by atoms with Crippen molar-refractivity contribution in [3.8, 4) is 0 Å². The van der Waals surface area contributed by atoms with Crippen LogP contribution in [0.2, 0.25) is 0 Å². The maximum atomic E-state index is 10.9. The van der Waals surface area contributed by atoms with Crippen molar-refractivity contribution < 1.29 is 4.92 Å². The van der Waals surface area contributed by atoms with Crippen LogP contribution in [0.1, 0.15) is 6.92 Å². The van der Waals surface area contributed by atoms with Crippen LogP contribution in [-0.4, -0.2) is 30.6 Å². The van der Waals surface area contributed by atoms with E-state index < -0.39 is 0 Å². The van der Waals surface area contributed by atoms with E-state index >= 15 is 0 Å². The average molecular weight is 221 g/mol. The lowest BCUT2D eigenvalue weighted by Gasteiger charge is -2.35. The number of nitro benzene ring substituents is 1. The molecule has 0 unspecified atom stereocenters. The highest BCUT2D eigenvalue weighted by Crippen LogP contribution is 2.29. The molecule has 1 aliphatic heterocycles. The molecule has 1 aromatic rings. The van der Waals surface area contributed by atoms with Crippen LogP contribution in [0.3, 0.4) is 0 Å². The Balaban J connectivity index is 2.34. The Bertz CT molecular complexity index is 395. The van der Waals surface area contributed by atoms with Gasteiger partial charge in [-0.25, -0.2) is 0 Å². The van der Waals surface area contributed by atoms with Crippen molar-refractivity contribution in [2.75, 3.05) is 24.5 Å². The van der Waals surface area contributed by atoms with E-state index in [-0.39, 0.29) is 16.7 Å². The predicted molar refractivity (Wildman–Crippen MR) is 62.8 cm³/mol. The van der Waals surface area contributed by atoms with Crippen molar-refractivity contribution in [1.82, 2.24) is 5.32 Å². The molecule has 0 aromatic heterocycles. The maximum absolute atomic E-state index is 10.9. The van der Waals surface area contributed by atoms with Crippen LogP contribution < -0.4 is 10.2 Å². The van der Waals surface area contributed by atoms with Crippen LogP contribution in [0.15, 0.2) is 24.3 Å². The van der Waals surface area contributed by atoms with Gasteiger partial charge in [0.2, 0.25) is 0 Å². The minimum absolute atomic E-state index is 0.191. The average Bonchev–Trinajstić information content (AvgIpc) is 2.29. The fourth-order valence-corrected chi connectivity index (χ4v) is 2.06. The predicted octanol–water partition coefficient (Wildman–Crippen LogP) is 1.39. The van der Waals surface area contributed by atoms with E-state index in [4.69, 9.17) is 0 Å². The molecule has 1 aliphatic rings. The van der Waals surface area contributed by atoms with E-state index in [9.17, 15) is 10.1 Å². The molecule has 16 heavy (non-hydrogen) atoms. The second kappa shape index (κ2) is 4.49. The molecule has 86 valence electrons. The second-order valence-corrected chi connectivity index (χ2v) is 3.99. The smallest absolute Gasteiger partial charge is 0.292 e. The molecule has 1 saturated heterocycles. The third-order valence-corrected chi connectivity index (χ3v) is 2.89. The quantitative estimate of drug-likeness (QED) is 0.605. The molecule has 0 amide bonds. The van der Waals surface area contributed by atoms with Gasteiger partial charge in [0.05, 0.1) is 4.92 Å². The Kier molecular flexibility index (Phi) is 3.05. The fraction of sp³-hybridized carbons (Fsp3) is 0.455. The number of hydrogen-bond donors (Lipinski definition) is 1. The summed E-state index contributed by atoms with van der Waals surface area (Å²) in [7, 11) is 0. The van der Waals surface area contributed by atoms with Crippen LogP contribution in [-0.2, 0) is 0 Å². The number of piperazine rings is 1. The molecule has 0 saturated carbocycles. The number of nitrogens with zero attached hydrogens (tertiary/aromatic N) is 2. The Labute approximate surface area is 94.2 Å². The molecule has 1 N–H and O–H groups in total. The lowest BCUT2D eigenvalue weighted by Crippen LogP contribution is -2.50. The van der Waals surface area contributed by atoms with Crippen LogP contribution >= 0.6 is 0 Å². The SMILES string of the molecule is C[C@H]1CNCCN1c1ccccc1[N+](=O)[O-]. The summed E-state index contributed by atoms with van der Waals surface area (Å²) in [4.78, 5) is 12.7. The van der Waals surface area contributed by atoms with E-state index in [2.05, 4.69) is 17.1 Å². The first-order valence-corrected chi connectivity index (χ1v) is 5.41. The van der Waals surface area contributed by atoms with Gasteiger partial charge in [-0.3, -0.25) is 10.1 Å². The van der Waals surface area contributed by atoms with Crippen LogP contribution in [0.4, 0.5) is 11.4 Å². The molecule has 1 atom stereocenters. The summed E-state index contributed by atoms with van der Waals surface area (Å²) in [5.74, 6) is 0. The van der Waals surface area contributed by atoms with Crippen molar-refractivity contribution in [3.05, 3.63) is 34.4 Å². The molecule has 2 rings (SSSR count). The number of benzene rings is 1. The summed E-state index contributed by atoms with van der Waals surface area (Å²) < 4.78 is 0. The van der Waals surface area contributed by atoms with Crippen molar-refractivity contribution >= 4 is 11.4 Å². The van der Waals surface area contributed by atoms with E-state index in [0.29, 0.717) is 0 Å². The molecular weight excluding hydrogens is 206 g/mol. The summed E-state index contributed by atoms with van der Waals surface area (Å²) in [6.07, 6.45) is 0. The van der Waals surface area contributed by atoms with E-state index in [0.717, 1.165) is 25.3 Å². The van der Waals surface area contributed by atoms with E-state index in [1.54, 1.807) is 12.1 Å². The normalized spacial score (nSPS) is 20.8. The van der Waals surface area contributed by atoms with Crippen molar-refractivity contribution in [3.63, 3.8) is 0 Å². The van der Waals surface area contributed by atoms with Gasteiger partial charge in [0.25, 0.3) is 5.69 Å². The number of nitro groups is 1. The van der Waals surface area contributed by atoms with Crippen LogP contribution in [0.5, 0.6) is 0 Å². The highest BCUT2D eigenvalue weighted by molar-refractivity contribution is 5.63. The molecule has 5 heteroatoms. The molecule has 0 aliphatic carbocycles. The van der Waals surface area contributed by atoms with Gasteiger partial charge in [0.15, 0.2) is 0 Å². The molecule has 1 heterocycles. The minimum atomic E-state index is -0.315. The number of hydrogen-bond acceptors (Lipinski definition) is 4. The van der Waals surface area contributed by atoms with Crippen molar-refractivity contribution in [2.24, 2.45) is 0 Å². The second-order valence-electron chi connectivity index (χ2n) is 3.99. The zero-order chi connectivity index (χ0) is 11.5. The summed E-state index contributed by atoms with van der Waals surface area (Å²) >= 11 is 0. The minimum Gasteiger partial charge on any atom is -0.361 e. The Morgan fingerprint density at radius 3 is 2.94 bits per heavy atom. The number of para-hydroxylation sites is 2. The van der Waals surface area contributed by atoms with Gasteiger partial charge < -0.3 is 10.2 Å². The number of rotatable bonds is 2. The molecule has 0 bridgehead atoms. The monoisotopic (exact) mass is 221 g/mol. The van der Waals surface area contributed by atoms with Crippen molar-refractivity contribution in [2.45, 2.75) is 13.0 Å². The molecule has 1 fully saturated rings. The summed E-state index contributed by atoms with van der Waals surface area (Å²) in [6, 6.07) is 7.21.